The van der Waals surface area contributed by atoms with E-state index in [1.807, 2.05) is 30.5 Å². The number of benzene rings is 2. The quantitative estimate of drug-likeness (QED) is 0.829. The number of nitrogens with one attached hydrogen (secondary N) is 1. The topological polar surface area (TPSA) is 35.8 Å². The predicted molar refractivity (Wildman–Crippen MR) is 86.2 cm³/mol. The van der Waals surface area contributed by atoms with Crippen LogP contribution in [0.1, 0.15) is 18.1 Å². The third-order valence-corrected chi connectivity index (χ3v) is 3.92. The van der Waals surface area contributed by atoms with Gasteiger partial charge in [0.1, 0.15) is 6.07 Å². The van der Waals surface area contributed by atoms with E-state index in [1.165, 1.54) is 5.56 Å². The summed E-state index contributed by atoms with van der Waals surface area (Å²) in [6.07, 6.45) is 2.93. The summed E-state index contributed by atoms with van der Waals surface area (Å²) in [4.78, 5) is 1.02. The van der Waals surface area contributed by atoms with Gasteiger partial charge in [-0.05, 0) is 37.3 Å². The monoisotopic (exact) mass is 282 g/mol. The SMILES string of the molecule is CSc1cccc(NC(C)Cc2ccccc2)c1C#N. The van der Waals surface area contributed by atoms with Gasteiger partial charge in [0, 0.05) is 10.9 Å². The van der Waals surface area contributed by atoms with Gasteiger partial charge in [-0.15, -0.1) is 11.8 Å². The van der Waals surface area contributed by atoms with Crippen LogP contribution < -0.4 is 5.32 Å². The van der Waals surface area contributed by atoms with Crippen LogP contribution in [0.4, 0.5) is 5.69 Å². The summed E-state index contributed by atoms with van der Waals surface area (Å²) in [6, 6.07) is 18.9. The molecule has 2 rings (SSSR count). The van der Waals surface area contributed by atoms with Gasteiger partial charge in [0.15, 0.2) is 0 Å². The van der Waals surface area contributed by atoms with Gasteiger partial charge in [-0.25, -0.2) is 0 Å². The molecule has 2 aromatic carbocycles. The van der Waals surface area contributed by atoms with Crippen LogP contribution in [-0.4, -0.2) is 12.3 Å². The number of nitrogens with zero attached hydrogens (tertiary/aromatic N) is 1. The molecule has 0 radical (unpaired) electrons. The van der Waals surface area contributed by atoms with Crippen molar-refractivity contribution >= 4 is 17.4 Å². The minimum atomic E-state index is 0.279. The number of nitriles is 1. The fourth-order valence-electron chi connectivity index (χ4n) is 2.22. The third kappa shape index (κ3) is 3.55. The molecule has 0 amide bonds. The maximum atomic E-state index is 9.33. The Morgan fingerprint density at radius 2 is 1.90 bits per heavy atom. The Bertz CT molecular complexity index is 602. The lowest BCUT2D eigenvalue weighted by molar-refractivity contribution is 0.789. The van der Waals surface area contributed by atoms with E-state index >= 15 is 0 Å². The van der Waals surface area contributed by atoms with Crippen molar-refractivity contribution in [3.8, 4) is 6.07 Å². The van der Waals surface area contributed by atoms with E-state index in [9.17, 15) is 5.26 Å². The van der Waals surface area contributed by atoms with E-state index in [2.05, 4.69) is 42.6 Å². The molecular formula is C17H18N2S. The summed E-state index contributed by atoms with van der Waals surface area (Å²) in [5.41, 5.74) is 2.95. The van der Waals surface area contributed by atoms with Crippen LogP contribution in [0, 0.1) is 11.3 Å². The van der Waals surface area contributed by atoms with Crippen molar-refractivity contribution < 1.29 is 0 Å². The van der Waals surface area contributed by atoms with Crippen molar-refractivity contribution in [2.24, 2.45) is 0 Å². The van der Waals surface area contributed by atoms with Crippen LogP contribution in [-0.2, 0) is 6.42 Å². The Kier molecular flexibility index (Phi) is 5.09. The highest BCUT2D eigenvalue weighted by Gasteiger charge is 2.10. The minimum Gasteiger partial charge on any atom is -0.381 e. The molecule has 1 atom stereocenters. The number of hydrogen-bond acceptors (Lipinski definition) is 3. The summed E-state index contributed by atoms with van der Waals surface area (Å²) in [7, 11) is 0. The van der Waals surface area contributed by atoms with Crippen molar-refractivity contribution in [2.45, 2.75) is 24.3 Å². The molecule has 0 aliphatic rings. The fraction of sp³-hybridized carbons (Fsp3) is 0.235. The molecular weight excluding hydrogens is 264 g/mol. The third-order valence-electron chi connectivity index (χ3n) is 3.14. The molecule has 1 unspecified atom stereocenters. The highest BCUT2D eigenvalue weighted by molar-refractivity contribution is 7.98. The first-order valence-electron chi connectivity index (χ1n) is 6.62. The fourth-order valence-corrected chi connectivity index (χ4v) is 2.80. The summed E-state index contributed by atoms with van der Waals surface area (Å²) in [5.74, 6) is 0. The predicted octanol–water partition coefficient (Wildman–Crippen LogP) is 4.32. The number of anilines is 1. The Morgan fingerprint density at radius 3 is 2.55 bits per heavy atom. The molecule has 0 bridgehead atoms. The standard InChI is InChI=1S/C17H18N2S/c1-13(11-14-7-4-3-5-8-14)19-16-9-6-10-17(20-2)15(16)12-18/h3-10,13,19H,11H2,1-2H3. The first kappa shape index (κ1) is 14.5. The molecule has 0 fully saturated rings. The molecule has 2 nitrogen and oxygen atoms in total. The van der Waals surface area contributed by atoms with Gasteiger partial charge < -0.3 is 5.32 Å². The zero-order valence-electron chi connectivity index (χ0n) is 11.8. The lowest BCUT2D eigenvalue weighted by atomic mass is 10.1. The lowest BCUT2D eigenvalue weighted by Crippen LogP contribution is -2.18. The smallest absolute Gasteiger partial charge is 0.102 e. The van der Waals surface area contributed by atoms with Gasteiger partial charge in [-0.3, -0.25) is 0 Å². The highest BCUT2D eigenvalue weighted by atomic mass is 32.2. The van der Waals surface area contributed by atoms with Crippen LogP contribution in [0.3, 0.4) is 0 Å². The molecule has 1 N–H and O–H groups in total. The molecule has 0 heterocycles. The van der Waals surface area contributed by atoms with Gasteiger partial charge in [-0.1, -0.05) is 36.4 Å². The summed E-state index contributed by atoms with van der Waals surface area (Å²) >= 11 is 1.60. The summed E-state index contributed by atoms with van der Waals surface area (Å²) in [5, 5.41) is 12.8. The Hall–Kier alpha value is -1.92. The van der Waals surface area contributed by atoms with Crippen molar-refractivity contribution in [2.75, 3.05) is 11.6 Å². The molecule has 0 saturated carbocycles. The van der Waals surface area contributed by atoms with E-state index in [0.29, 0.717) is 0 Å². The average molecular weight is 282 g/mol. The lowest BCUT2D eigenvalue weighted by Gasteiger charge is -2.17. The number of rotatable bonds is 5. The zero-order chi connectivity index (χ0) is 14.4. The van der Waals surface area contributed by atoms with Crippen LogP contribution in [0.25, 0.3) is 0 Å². The van der Waals surface area contributed by atoms with Crippen LogP contribution in [0.5, 0.6) is 0 Å². The second kappa shape index (κ2) is 7.02. The summed E-state index contributed by atoms with van der Waals surface area (Å²) < 4.78 is 0. The highest BCUT2D eigenvalue weighted by Crippen LogP contribution is 2.27. The van der Waals surface area contributed by atoms with Crippen molar-refractivity contribution in [1.29, 1.82) is 5.26 Å². The molecule has 0 aromatic heterocycles. The maximum absolute atomic E-state index is 9.33. The van der Waals surface area contributed by atoms with Crippen molar-refractivity contribution in [3.63, 3.8) is 0 Å². The molecule has 0 saturated heterocycles. The minimum absolute atomic E-state index is 0.279. The molecule has 0 aliphatic heterocycles. The van der Waals surface area contributed by atoms with E-state index in [1.54, 1.807) is 11.8 Å². The molecule has 102 valence electrons. The van der Waals surface area contributed by atoms with E-state index in [0.717, 1.165) is 22.6 Å². The summed E-state index contributed by atoms with van der Waals surface area (Å²) in [6.45, 7) is 2.14. The maximum Gasteiger partial charge on any atom is 0.102 e. The van der Waals surface area contributed by atoms with Gasteiger partial charge in [0.2, 0.25) is 0 Å². The van der Waals surface area contributed by atoms with Gasteiger partial charge in [0.05, 0.1) is 11.3 Å². The Labute approximate surface area is 124 Å². The van der Waals surface area contributed by atoms with Gasteiger partial charge in [0.25, 0.3) is 0 Å². The van der Waals surface area contributed by atoms with E-state index in [4.69, 9.17) is 0 Å². The molecule has 0 spiro atoms. The zero-order valence-corrected chi connectivity index (χ0v) is 12.6. The van der Waals surface area contributed by atoms with E-state index < -0.39 is 0 Å². The van der Waals surface area contributed by atoms with Crippen LogP contribution in [0.15, 0.2) is 53.4 Å². The van der Waals surface area contributed by atoms with Crippen molar-refractivity contribution in [3.05, 3.63) is 59.7 Å². The largest absolute Gasteiger partial charge is 0.381 e. The normalized spacial score (nSPS) is 11.7. The first-order valence-corrected chi connectivity index (χ1v) is 7.84. The average Bonchev–Trinajstić information content (AvgIpc) is 2.47. The molecule has 3 heteroatoms. The Balaban J connectivity index is 2.12. The number of thioether (sulfide) groups is 1. The van der Waals surface area contributed by atoms with Gasteiger partial charge >= 0.3 is 0 Å². The second-order valence-corrected chi connectivity index (χ2v) is 5.58. The first-order chi connectivity index (χ1) is 9.74. The second-order valence-electron chi connectivity index (χ2n) is 4.73. The molecule has 0 aliphatic carbocycles. The molecule has 20 heavy (non-hydrogen) atoms. The number of hydrogen-bond donors (Lipinski definition) is 1. The Morgan fingerprint density at radius 1 is 1.15 bits per heavy atom. The van der Waals surface area contributed by atoms with Crippen molar-refractivity contribution in [1.82, 2.24) is 0 Å². The van der Waals surface area contributed by atoms with E-state index in [-0.39, 0.29) is 6.04 Å². The molecule has 2 aromatic rings. The van der Waals surface area contributed by atoms with Crippen LogP contribution >= 0.6 is 11.8 Å². The van der Waals surface area contributed by atoms with Gasteiger partial charge in [-0.2, -0.15) is 5.26 Å². The van der Waals surface area contributed by atoms with Crippen LogP contribution in [0.2, 0.25) is 0 Å².